The lowest BCUT2D eigenvalue weighted by Gasteiger charge is -2.03. The van der Waals surface area contributed by atoms with Crippen molar-refractivity contribution in [2.75, 3.05) is 10.6 Å². The number of nitrogens with one attached hydrogen (secondary N) is 2. The van der Waals surface area contributed by atoms with Crippen molar-refractivity contribution in [1.82, 2.24) is 4.98 Å². The molecular weight excluding hydrogens is 410 g/mol. The van der Waals surface area contributed by atoms with Crippen LogP contribution in [0.3, 0.4) is 0 Å². The predicted molar refractivity (Wildman–Crippen MR) is 115 cm³/mol. The number of thiazole rings is 1. The van der Waals surface area contributed by atoms with Crippen LogP contribution in [-0.2, 0) is 4.79 Å². The molecule has 29 heavy (non-hydrogen) atoms. The first-order valence-electron chi connectivity index (χ1n) is 8.85. The Labute approximate surface area is 176 Å². The Hall–Kier alpha value is -3.03. The van der Waals surface area contributed by atoms with E-state index in [9.17, 15) is 14.4 Å². The van der Waals surface area contributed by atoms with Gasteiger partial charge in [-0.1, -0.05) is 41.1 Å². The molecule has 0 fully saturated rings. The van der Waals surface area contributed by atoms with E-state index in [-0.39, 0.29) is 30.4 Å². The lowest BCUT2D eigenvalue weighted by molar-refractivity contribution is -0.116. The molecule has 8 heteroatoms. The molecule has 0 unspecified atom stereocenters. The molecule has 148 valence electrons. The van der Waals surface area contributed by atoms with Gasteiger partial charge in [-0.05, 0) is 43.3 Å². The number of aromatic nitrogens is 1. The van der Waals surface area contributed by atoms with Crippen LogP contribution in [0.25, 0.3) is 0 Å². The summed E-state index contributed by atoms with van der Waals surface area (Å²) in [6, 6.07) is 15.6. The number of halogens is 1. The van der Waals surface area contributed by atoms with Crippen LogP contribution >= 0.6 is 22.9 Å². The SMILES string of the molecule is Cc1nc(NC(=O)CCC(=O)c2ccc(Cl)cc2)sc1C(=O)Nc1ccccc1. The first-order valence-corrected chi connectivity index (χ1v) is 10.0. The van der Waals surface area contributed by atoms with Crippen molar-refractivity contribution in [2.45, 2.75) is 19.8 Å². The number of carbonyl (C=O) groups is 3. The molecule has 2 aromatic carbocycles. The molecule has 0 saturated heterocycles. The van der Waals surface area contributed by atoms with Crippen molar-refractivity contribution in [3.63, 3.8) is 0 Å². The zero-order valence-corrected chi connectivity index (χ0v) is 17.1. The van der Waals surface area contributed by atoms with E-state index in [1.54, 1.807) is 43.3 Å². The quantitative estimate of drug-likeness (QED) is 0.521. The summed E-state index contributed by atoms with van der Waals surface area (Å²) < 4.78 is 0. The number of carbonyl (C=O) groups excluding carboxylic acids is 3. The summed E-state index contributed by atoms with van der Waals surface area (Å²) in [7, 11) is 0. The number of amides is 2. The molecule has 0 saturated carbocycles. The summed E-state index contributed by atoms with van der Waals surface area (Å²) in [4.78, 5) is 41.4. The molecule has 0 aliphatic carbocycles. The normalized spacial score (nSPS) is 10.4. The van der Waals surface area contributed by atoms with Crippen LogP contribution in [0.15, 0.2) is 54.6 Å². The van der Waals surface area contributed by atoms with Crippen LogP contribution in [0.4, 0.5) is 10.8 Å². The Balaban J connectivity index is 1.55. The molecule has 2 N–H and O–H groups in total. The van der Waals surface area contributed by atoms with Crippen LogP contribution in [0, 0.1) is 6.92 Å². The number of Topliss-reactive ketones (excluding diaryl/α,β-unsaturated/α-hetero) is 1. The van der Waals surface area contributed by atoms with Crippen LogP contribution in [0.2, 0.25) is 5.02 Å². The van der Waals surface area contributed by atoms with Crippen molar-refractivity contribution in [1.29, 1.82) is 0 Å². The molecule has 0 bridgehead atoms. The van der Waals surface area contributed by atoms with E-state index in [0.717, 1.165) is 11.3 Å². The van der Waals surface area contributed by atoms with Crippen molar-refractivity contribution in [3.8, 4) is 0 Å². The Kier molecular flexibility index (Phi) is 6.74. The second kappa shape index (κ2) is 9.45. The summed E-state index contributed by atoms with van der Waals surface area (Å²) >= 11 is 6.90. The standard InChI is InChI=1S/C21H18ClN3O3S/c1-13-19(20(28)24-16-5-3-2-4-6-16)29-21(23-13)25-18(27)12-11-17(26)14-7-9-15(22)10-8-14/h2-10H,11-12H2,1H3,(H,24,28)(H,23,25,27). The van der Waals surface area contributed by atoms with Gasteiger partial charge in [0.1, 0.15) is 4.88 Å². The number of hydrogen-bond acceptors (Lipinski definition) is 5. The number of anilines is 2. The highest BCUT2D eigenvalue weighted by Gasteiger charge is 2.17. The van der Waals surface area contributed by atoms with Crippen LogP contribution in [0.1, 0.15) is 38.6 Å². The highest BCUT2D eigenvalue weighted by atomic mass is 35.5. The van der Waals surface area contributed by atoms with Gasteiger partial charge in [0, 0.05) is 29.1 Å². The summed E-state index contributed by atoms with van der Waals surface area (Å²) in [5.41, 5.74) is 1.71. The van der Waals surface area contributed by atoms with Crippen LogP contribution < -0.4 is 10.6 Å². The fourth-order valence-electron chi connectivity index (χ4n) is 2.56. The van der Waals surface area contributed by atoms with E-state index in [4.69, 9.17) is 11.6 Å². The van der Waals surface area contributed by atoms with Gasteiger partial charge in [-0.3, -0.25) is 14.4 Å². The first kappa shape index (κ1) is 20.7. The third-order valence-corrected chi connectivity index (χ3v) is 5.35. The molecule has 0 aliphatic rings. The molecule has 6 nitrogen and oxygen atoms in total. The second-order valence-corrected chi connectivity index (χ2v) is 7.67. The van der Waals surface area contributed by atoms with Crippen molar-refractivity contribution >= 4 is 51.4 Å². The van der Waals surface area contributed by atoms with Gasteiger partial charge >= 0.3 is 0 Å². The van der Waals surface area contributed by atoms with Gasteiger partial charge in [-0.15, -0.1) is 0 Å². The van der Waals surface area contributed by atoms with Crippen LogP contribution in [-0.4, -0.2) is 22.6 Å². The van der Waals surface area contributed by atoms with Crippen molar-refractivity contribution in [2.24, 2.45) is 0 Å². The Bertz CT molecular complexity index is 1030. The highest BCUT2D eigenvalue weighted by molar-refractivity contribution is 7.17. The van der Waals surface area contributed by atoms with Crippen molar-refractivity contribution in [3.05, 3.63) is 75.8 Å². The number of benzene rings is 2. The first-order chi connectivity index (χ1) is 13.9. The maximum atomic E-state index is 12.4. The van der Waals surface area contributed by atoms with E-state index >= 15 is 0 Å². The van der Waals surface area contributed by atoms with E-state index in [0.29, 0.717) is 32.0 Å². The molecule has 0 aliphatic heterocycles. The number of ketones is 1. The van der Waals surface area contributed by atoms with Gasteiger partial charge in [0.15, 0.2) is 10.9 Å². The maximum Gasteiger partial charge on any atom is 0.267 e. The minimum atomic E-state index is -0.337. The summed E-state index contributed by atoms with van der Waals surface area (Å²) in [5.74, 6) is -0.768. The van der Waals surface area contributed by atoms with Crippen molar-refractivity contribution < 1.29 is 14.4 Å². The maximum absolute atomic E-state index is 12.4. The Morgan fingerprint density at radius 1 is 0.966 bits per heavy atom. The van der Waals surface area contributed by atoms with Gasteiger partial charge in [0.05, 0.1) is 5.69 Å². The second-order valence-electron chi connectivity index (χ2n) is 6.23. The number of aryl methyl sites for hydroxylation is 1. The van der Waals surface area contributed by atoms with E-state index in [1.165, 1.54) is 0 Å². The number of rotatable bonds is 7. The average molecular weight is 428 g/mol. The summed E-state index contributed by atoms with van der Waals surface area (Å²) in [6.45, 7) is 1.70. The summed E-state index contributed by atoms with van der Waals surface area (Å²) in [6.07, 6.45) is 0.0881. The van der Waals surface area contributed by atoms with Gasteiger partial charge < -0.3 is 10.6 Å². The minimum Gasteiger partial charge on any atom is -0.321 e. The largest absolute Gasteiger partial charge is 0.321 e. The molecule has 1 aromatic heterocycles. The molecule has 0 radical (unpaired) electrons. The topological polar surface area (TPSA) is 88.2 Å². The van der Waals surface area contributed by atoms with E-state index in [1.807, 2.05) is 18.2 Å². The van der Waals surface area contributed by atoms with Gasteiger partial charge in [0.2, 0.25) is 5.91 Å². The minimum absolute atomic E-state index is 0.0195. The molecule has 0 spiro atoms. The summed E-state index contributed by atoms with van der Waals surface area (Å²) in [5, 5.41) is 6.32. The molecule has 0 atom stereocenters. The number of hydrogen-bond donors (Lipinski definition) is 2. The predicted octanol–water partition coefficient (Wildman–Crippen LogP) is 4.96. The Morgan fingerprint density at radius 3 is 2.34 bits per heavy atom. The van der Waals surface area contributed by atoms with Gasteiger partial charge in [0.25, 0.3) is 5.91 Å². The van der Waals surface area contributed by atoms with Gasteiger partial charge in [-0.2, -0.15) is 0 Å². The third-order valence-electron chi connectivity index (χ3n) is 4.03. The fraction of sp³-hybridized carbons (Fsp3) is 0.143. The Morgan fingerprint density at radius 2 is 1.66 bits per heavy atom. The molecular formula is C21H18ClN3O3S. The third kappa shape index (κ3) is 5.73. The van der Waals surface area contributed by atoms with Gasteiger partial charge in [-0.25, -0.2) is 4.98 Å². The van der Waals surface area contributed by atoms with E-state index in [2.05, 4.69) is 15.6 Å². The molecule has 3 aromatic rings. The zero-order chi connectivity index (χ0) is 20.8. The zero-order valence-electron chi connectivity index (χ0n) is 15.6. The molecule has 3 rings (SSSR count). The van der Waals surface area contributed by atoms with E-state index < -0.39 is 0 Å². The number of para-hydroxylation sites is 1. The number of nitrogens with zero attached hydrogens (tertiary/aromatic N) is 1. The van der Waals surface area contributed by atoms with Crippen LogP contribution in [0.5, 0.6) is 0 Å². The average Bonchev–Trinajstić information content (AvgIpc) is 3.07. The highest BCUT2D eigenvalue weighted by Crippen LogP contribution is 2.24. The molecule has 1 heterocycles. The lowest BCUT2D eigenvalue weighted by atomic mass is 10.1. The smallest absolute Gasteiger partial charge is 0.267 e. The fourth-order valence-corrected chi connectivity index (χ4v) is 3.56. The lowest BCUT2D eigenvalue weighted by Crippen LogP contribution is -2.13. The monoisotopic (exact) mass is 427 g/mol. The molecule has 2 amide bonds.